The summed E-state index contributed by atoms with van der Waals surface area (Å²) in [6, 6.07) is 16.0. The van der Waals surface area contributed by atoms with Crippen LogP contribution in [0.1, 0.15) is 18.4 Å². The van der Waals surface area contributed by atoms with Gasteiger partial charge in [0.15, 0.2) is 0 Å². The summed E-state index contributed by atoms with van der Waals surface area (Å²) in [6.45, 7) is 6.91. The molecule has 0 bridgehead atoms. The Morgan fingerprint density at radius 2 is 1.69 bits per heavy atom. The number of aryl methyl sites for hydroxylation is 1. The molecule has 0 saturated carbocycles. The summed E-state index contributed by atoms with van der Waals surface area (Å²) in [6.07, 6.45) is 1.53. The highest BCUT2D eigenvalue weighted by Gasteiger charge is 2.22. The first-order valence-corrected chi connectivity index (χ1v) is 10.3. The van der Waals surface area contributed by atoms with Gasteiger partial charge in [0.05, 0.1) is 6.54 Å². The monoisotopic (exact) mass is 392 g/mol. The summed E-state index contributed by atoms with van der Waals surface area (Å²) >= 11 is 0. The van der Waals surface area contributed by atoms with Gasteiger partial charge in [0, 0.05) is 56.2 Å². The highest BCUT2D eigenvalue weighted by molar-refractivity contribution is 5.96. The molecule has 2 aromatic rings. The standard InChI is InChI=1S/C23H28N4O2/c1-18-5-2-3-6-21(18)26-15-13-25(14-16-26)17-22(28)24-19-8-10-20(11-9-19)27-12-4-7-23(27)29/h2-3,5-6,8-11H,4,7,12-17H2,1H3,(H,24,28). The van der Waals surface area contributed by atoms with Crippen LogP contribution in [0.3, 0.4) is 0 Å². The van der Waals surface area contributed by atoms with Gasteiger partial charge in [-0.05, 0) is 49.2 Å². The highest BCUT2D eigenvalue weighted by Crippen LogP contribution is 2.23. The van der Waals surface area contributed by atoms with Crippen molar-refractivity contribution in [1.29, 1.82) is 0 Å². The van der Waals surface area contributed by atoms with Crippen LogP contribution in [0, 0.1) is 6.92 Å². The largest absolute Gasteiger partial charge is 0.369 e. The fourth-order valence-corrected chi connectivity index (χ4v) is 4.11. The molecule has 2 fully saturated rings. The zero-order valence-corrected chi connectivity index (χ0v) is 16.9. The first-order valence-electron chi connectivity index (χ1n) is 10.3. The van der Waals surface area contributed by atoms with Crippen molar-refractivity contribution in [2.24, 2.45) is 0 Å². The number of anilines is 3. The number of hydrogen-bond acceptors (Lipinski definition) is 4. The normalized spacial score (nSPS) is 17.6. The van der Waals surface area contributed by atoms with Gasteiger partial charge >= 0.3 is 0 Å². The van der Waals surface area contributed by atoms with Crippen LogP contribution in [0.25, 0.3) is 0 Å². The van der Waals surface area contributed by atoms with Crippen molar-refractivity contribution in [3.8, 4) is 0 Å². The molecule has 2 aromatic carbocycles. The molecule has 0 aromatic heterocycles. The number of benzene rings is 2. The third kappa shape index (κ3) is 4.59. The van der Waals surface area contributed by atoms with E-state index in [0.29, 0.717) is 13.0 Å². The van der Waals surface area contributed by atoms with Gasteiger partial charge < -0.3 is 15.1 Å². The lowest BCUT2D eigenvalue weighted by atomic mass is 10.1. The minimum Gasteiger partial charge on any atom is -0.369 e. The maximum Gasteiger partial charge on any atom is 0.238 e. The van der Waals surface area contributed by atoms with E-state index in [1.165, 1.54) is 11.3 Å². The van der Waals surface area contributed by atoms with E-state index in [0.717, 1.165) is 50.5 Å². The molecule has 4 rings (SSSR count). The van der Waals surface area contributed by atoms with Crippen molar-refractivity contribution >= 4 is 28.9 Å². The van der Waals surface area contributed by atoms with E-state index in [2.05, 4.69) is 46.3 Å². The molecule has 152 valence electrons. The van der Waals surface area contributed by atoms with Gasteiger partial charge in [0.25, 0.3) is 0 Å². The first-order chi connectivity index (χ1) is 14.1. The van der Waals surface area contributed by atoms with E-state index in [-0.39, 0.29) is 11.8 Å². The average molecular weight is 393 g/mol. The SMILES string of the molecule is Cc1ccccc1N1CCN(CC(=O)Nc2ccc(N3CCCC3=O)cc2)CC1. The Labute approximate surface area is 172 Å². The Morgan fingerprint density at radius 3 is 2.34 bits per heavy atom. The summed E-state index contributed by atoms with van der Waals surface area (Å²) < 4.78 is 0. The van der Waals surface area contributed by atoms with Gasteiger partial charge in [0.1, 0.15) is 0 Å². The number of carbonyl (C=O) groups excluding carboxylic acids is 2. The number of nitrogens with one attached hydrogen (secondary N) is 1. The quantitative estimate of drug-likeness (QED) is 0.850. The van der Waals surface area contributed by atoms with Crippen LogP contribution in [-0.4, -0.2) is 56.0 Å². The van der Waals surface area contributed by atoms with Crippen LogP contribution in [0.2, 0.25) is 0 Å². The van der Waals surface area contributed by atoms with E-state index in [1.807, 2.05) is 24.3 Å². The van der Waals surface area contributed by atoms with Crippen LogP contribution >= 0.6 is 0 Å². The summed E-state index contributed by atoms with van der Waals surface area (Å²) in [5.74, 6) is 0.172. The molecule has 1 N–H and O–H groups in total. The topological polar surface area (TPSA) is 55.9 Å². The van der Waals surface area contributed by atoms with Gasteiger partial charge in [-0.2, -0.15) is 0 Å². The van der Waals surface area contributed by atoms with Crippen molar-refractivity contribution in [2.45, 2.75) is 19.8 Å². The summed E-state index contributed by atoms with van der Waals surface area (Å²) in [7, 11) is 0. The Bertz CT molecular complexity index is 873. The van der Waals surface area contributed by atoms with Crippen molar-refractivity contribution in [2.75, 3.05) is 54.4 Å². The van der Waals surface area contributed by atoms with Gasteiger partial charge in [-0.1, -0.05) is 18.2 Å². The molecule has 0 radical (unpaired) electrons. The molecule has 6 heteroatoms. The van der Waals surface area contributed by atoms with E-state index < -0.39 is 0 Å². The fraction of sp³-hybridized carbons (Fsp3) is 0.391. The molecule has 29 heavy (non-hydrogen) atoms. The maximum atomic E-state index is 12.4. The minimum atomic E-state index is -0.000611. The smallest absolute Gasteiger partial charge is 0.238 e. The number of rotatable bonds is 5. The van der Waals surface area contributed by atoms with E-state index in [1.54, 1.807) is 4.90 Å². The van der Waals surface area contributed by atoms with Crippen molar-refractivity contribution < 1.29 is 9.59 Å². The Morgan fingerprint density at radius 1 is 0.966 bits per heavy atom. The molecule has 0 spiro atoms. The third-order valence-electron chi connectivity index (χ3n) is 5.73. The van der Waals surface area contributed by atoms with E-state index >= 15 is 0 Å². The zero-order valence-electron chi connectivity index (χ0n) is 16.9. The lowest BCUT2D eigenvalue weighted by molar-refractivity contribution is -0.118. The lowest BCUT2D eigenvalue weighted by Gasteiger charge is -2.36. The second-order valence-electron chi connectivity index (χ2n) is 7.79. The molecule has 2 heterocycles. The Kier molecular flexibility index (Phi) is 5.81. The number of amides is 2. The molecule has 2 saturated heterocycles. The second kappa shape index (κ2) is 8.66. The molecular weight excluding hydrogens is 364 g/mol. The van der Waals surface area contributed by atoms with Gasteiger partial charge in [-0.3, -0.25) is 14.5 Å². The number of nitrogens with zero attached hydrogens (tertiary/aromatic N) is 3. The average Bonchev–Trinajstić information content (AvgIpc) is 3.15. The van der Waals surface area contributed by atoms with Crippen molar-refractivity contribution in [3.63, 3.8) is 0 Å². The molecule has 0 unspecified atom stereocenters. The van der Waals surface area contributed by atoms with Crippen molar-refractivity contribution in [1.82, 2.24) is 4.90 Å². The van der Waals surface area contributed by atoms with Gasteiger partial charge in [-0.25, -0.2) is 0 Å². The first kappa shape index (κ1) is 19.5. The van der Waals surface area contributed by atoms with Crippen LogP contribution < -0.4 is 15.1 Å². The maximum absolute atomic E-state index is 12.4. The van der Waals surface area contributed by atoms with Crippen LogP contribution in [0.15, 0.2) is 48.5 Å². The van der Waals surface area contributed by atoms with E-state index in [9.17, 15) is 9.59 Å². The van der Waals surface area contributed by atoms with Crippen molar-refractivity contribution in [3.05, 3.63) is 54.1 Å². The molecule has 2 amide bonds. The van der Waals surface area contributed by atoms with Gasteiger partial charge in [-0.15, -0.1) is 0 Å². The summed E-state index contributed by atoms with van der Waals surface area (Å²) in [4.78, 5) is 30.7. The third-order valence-corrected chi connectivity index (χ3v) is 5.73. The predicted octanol–water partition coefficient (Wildman–Crippen LogP) is 2.88. The second-order valence-corrected chi connectivity index (χ2v) is 7.79. The highest BCUT2D eigenvalue weighted by atomic mass is 16.2. The molecule has 0 atom stereocenters. The Balaban J connectivity index is 1.26. The summed E-state index contributed by atoms with van der Waals surface area (Å²) in [5, 5.41) is 2.97. The van der Waals surface area contributed by atoms with Crippen LogP contribution in [0.4, 0.5) is 17.1 Å². The number of hydrogen-bond donors (Lipinski definition) is 1. The lowest BCUT2D eigenvalue weighted by Crippen LogP contribution is -2.48. The summed E-state index contributed by atoms with van der Waals surface area (Å²) in [5.41, 5.74) is 4.24. The molecule has 2 aliphatic rings. The predicted molar refractivity (Wildman–Crippen MR) is 116 cm³/mol. The molecule has 2 aliphatic heterocycles. The molecule has 0 aliphatic carbocycles. The molecular formula is C23H28N4O2. The van der Waals surface area contributed by atoms with E-state index in [4.69, 9.17) is 0 Å². The Hall–Kier alpha value is -2.86. The zero-order chi connectivity index (χ0) is 20.2. The minimum absolute atomic E-state index is 0.000611. The number of piperazine rings is 1. The fourth-order valence-electron chi connectivity index (χ4n) is 4.11. The van der Waals surface area contributed by atoms with Gasteiger partial charge in [0.2, 0.25) is 11.8 Å². The number of carbonyl (C=O) groups is 2. The van der Waals surface area contributed by atoms with Crippen LogP contribution in [0.5, 0.6) is 0 Å². The van der Waals surface area contributed by atoms with Crippen LogP contribution in [-0.2, 0) is 9.59 Å². The molecule has 6 nitrogen and oxygen atoms in total. The number of para-hydroxylation sites is 1.